The van der Waals surface area contributed by atoms with E-state index in [-0.39, 0.29) is 11.7 Å². The molecule has 1 saturated carbocycles. The predicted molar refractivity (Wildman–Crippen MR) is 143 cm³/mol. The summed E-state index contributed by atoms with van der Waals surface area (Å²) in [6.07, 6.45) is 14.3. The topological polar surface area (TPSA) is 97.9 Å². The highest BCUT2D eigenvalue weighted by atomic mass is 32.1. The number of anilines is 1. The van der Waals surface area contributed by atoms with Crippen molar-refractivity contribution in [3.8, 4) is 12.3 Å². The van der Waals surface area contributed by atoms with Crippen LogP contribution in [0.1, 0.15) is 96.1 Å². The van der Waals surface area contributed by atoms with Crippen LogP contribution in [0.5, 0.6) is 0 Å². The molecule has 198 valence electrons. The lowest BCUT2D eigenvalue weighted by atomic mass is 9.92. The molecule has 3 aromatic rings. The summed E-state index contributed by atoms with van der Waals surface area (Å²) in [6, 6.07) is 3.93. The van der Waals surface area contributed by atoms with Crippen molar-refractivity contribution in [2.24, 2.45) is 0 Å². The molecule has 1 aromatic carbocycles. The van der Waals surface area contributed by atoms with Gasteiger partial charge in [0.15, 0.2) is 5.13 Å². The van der Waals surface area contributed by atoms with Crippen molar-refractivity contribution in [3.05, 3.63) is 40.3 Å². The summed E-state index contributed by atoms with van der Waals surface area (Å²) in [5, 5.41) is 14.9. The SMILES string of the molecule is C#Cc1cc(C(=O)O)cc2sc(N3[C@@H]4CC[C@H]3CC(OCc3c(C5CCOCC5)noc3C3CC3)C4)nc12. The minimum absolute atomic E-state index is 0.183. The Morgan fingerprint density at radius 3 is 2.58 bits per heavy atom. The molecule has 4 aliphatic rings. The lowest BCUT2D eigenvalue weighted by Crippen LogP contribution is -2.45. The Hall–Kier alpha value is -2.93. The van der Waals surface area contributed by atoms with Gasteiger partial charge in [0.2, 0.25) is 0 Å². The smallest absolute Gasteiger partial charge is 0.335 e. The first-order valence-electron chi connectivity index (χ1n) is 13.7. The number of benzene rings is 1. The van der Waals surface area contributed by atoms with Gasteiger partial charge in [-0.2, -0.15) is 0 Å². The van der Waals surface area contributed by atoms with Crippen LogP contribution in [-0.2, 0) is 16.1 Å². The second-order valence-corrected chi connectivity index (χ2v) is 12.1. The maximum atomic E-state index is 11.6. The molecular weight excluding hydrogens is 502 g/mol. The van der Waals surface area contributed by atoms with Gasteiger partial charge in [0.05, 0.1) is 39.7 Å². The fourth-order valence-corrected chi connectivity index (χ4v) is 7.75. The molecule has 1 unspecified atom stereocenters. The molecule has 1 aliphatic carbocycles. The zero-order valence-corrected chi connectivity index (χ0v) is 22.0. The van der Waals surface area contributed by atoms with E-state index in [2.05, 4.69) is 16.0 Å². The van der Waals surface area contributed by atoms with E-state index in [0.29, 0.717) is 36.1 Å². The molecule has 0 amide bonds. The third kappa shape index (κ3) is 4.29. The molecule has 3 atom stereocenters. The maximum Gasteiger partial charge on any atom is 0.335 e. The van der Waals surface area contributed by atoms with Crippen LogP contribution in [0, 0.1) is 12.3 Å². The number of carbonyl (C=O) groups is 1. The summed E-state index contributed by atoms with van der Waals surface area (Å²) in [5.41, 5.74) is 3.74. The molecule has 2 aromatic heterocycles. The Morgan fingerprint density at radius 2 is 1.89 bits per heavy atom. The number of fused-ring (bicyclic) bond motifs is 3. The van der Waals surface area contributed by atoms with Gasteiger partial charge in [0, 0.05) is 42.7 Å². The Kier molecular flexibility index (Phi) is 6.14. The van der Waals surface area contributed by atoms with Crippen LogP contribution in [0.2, 0.25) is 0 Å². The van der Waals surface area contributed by atoms with Gasteiger partial charge in [-0.3, -0.25) is 0 Å². The van der Waals surface area contributed by atoms with E-state index >= 15 is 0 Å². The second kappa shape index (κ2) is 9.67. The van der Waals surface area contributed by atoms with Crippen LogP contribution in [0.3, 0.4) is 0 Å². The molecular formula is C29H31N3O5S. The number of carboxylic acid groups (broad SMARTS) is 1. The first-order valence-corrected chi connectivity index (χ1v) is 14.5. The van der Waals surface area contributed by atoms with Gasteiger partial charge >= 0.3 is 5.97 Å². The highest BCUT2D eigenvalue weighted by molar-refractivity contribution is 7.22. The van der Waals surface area contributed by atoms with Crippen LogP contribution in [-0.4, -0.2) is 52.6 Å². The first-order chi connectivity index (χ1) is 18.6. The molecule has 5 heterocycles. The van der Waals surface area contributed by atoms with Crippen molar-refractivity contribution >= 4 is 32.7 Å². The van der Waals surface area contributed by atoms with Gasteiger partial charge in [0.1, 0.15) is 5.76 Å². The monoisotopic (exact) mass is 533 g/mol. The molecule has 9 heteroatoms. The average Bonchev–Trinajstić information content (AvgIpc) is 3.44. The van der Waals surface area contributed by atoms with Crippen molar-refractivity contribution < 1.29 is 23.9 Å². The maximum absolute atomic E-state index is 11.6. The summed E-state index contributed by atoms with van der Waals surface area (Å²) in [5.74, 6) is 3.59. The van der Waals surface area contributed by atoms with Crippen LogP contribution in [0.15, 0.2) is 16.7 Å². The van der Waals surface area contributed by atoms with Crippen LogP contribution in [0.25, 0.3) is 10.2 Å². The quantitative estimate of drug-likeness (QED) is 0.400. The van der Waals surface area contributed by atoms with Crippen molar-refractivity contribution in [2.45, 2.75) is 88.0 Å². The molecule has 7 rings (SSSR count). The lowest BCUT2D eigenvalue weighted by molar-refractivity contribution is 0.0137. The molecule has 8 nitrogen and oxygen atoms in total. The zero-order valence-electron chi connectivity index (χ0n) is 21.2. The number of terminal acetylenes is 1. The molecule has 3 saturated heterocycles. The summed E-state index contributed by atoms with van der Waals surface area (Å²) in [7, 11) is 0. The molecule has 3 aliphatic heterocycles. The van der Waals surface area contributed by atoms with Crippen LogP contribution >= 0.6 is 11.3 Å². The summed E-state index contributed by atoms with van der Waals surface area (Å²) in [6.45, 7) is 2.13. The van der Waals surface area contributed by atoms with Crippen molar-refractivity contribution in [1.82, 2.24) is 10.1 Å². The number of hydrogen-bond acceptors (Lipinski definition) is 8. The number of aromatic carboxylic acids is 1. The van der Waals surface area contributed by atoms with E-state index in [4.69, 9.17) is 25.4 Å². The van der Waals surface area contributed by atoms with Gasteiger partial charge in [-0.1, -0.05) is 22.4 Å². The molecule has 4 fully saturated rings. The third-order valence-corrected chi connectivity index (χ3v) is 9.68. The van der Waals surface area contributed by atoms with E-state index in [1.807, 2.05) is 0 Å². The normalized spacial score (nSPS) is 25.7. The Morgan fingerprint density at radius 1 is 1.13 bits per heavy atom. The van der Waals surface area contributed by atoms with E-state index in [1.54, 1.807) is 6.07 Å². The van der Waals surface area contributed by atoms with Crippen molar-refractivity contribution in [2.75, 3.05) is 18.1 Å². The number of aromatic nitrogens is 2. The number of hydrogen-bond donors (Lipinski definition) is 1. The Bertz CT molecular complexity index is 1400. The summed E-state index contributed by atoms with van der Waals surface area (Å²) >= 11 is 1.54. The zero-order chi connectivity index (χ0) is 25.8. The molecule has 0 radical (unpaired) electrons. The number of ether oxygens (including phenoxy) is 2. The van der Waals surface area contributed by atoms with Gasteiger partial charge in [-0.15, -0.1) is 6.42 Å². The fraction of sp³-hybridized carbons (Fsp3) is 0.552. The van der Waals surface area contributed by atoms with E-state index in [1.165, 1.54) is 35.8 Å². The van der Waals surface area contributed by atoms with E-state index in [0.717, 1.165) is 78.5 Å². The number of nitrogens with zero attached hydrogens (tertiary/aromatic N) is 3. The number of piperidine rings is 1. The highest BCUT2D eigenvalue weighted by Gasteiger charge is 2.43. The Labute approximate surface area is 225 Å². The number of rotatable bonds is 7. The van der Waals surface area contributed by atoms with Crippen LogP contribution in [0.4, 0.5) is 5.13 Å². The Balaban J connectivity index is 1.08. The van der Waals surface area contributed by atoms with Gasteiger partial charge in [-0.25, -0.2) is 9.78 Å². The fourth-order valence-electron chi connectivity index (χ4n) is 6.58. The molecule has 1 N–H and O–H groups in total. The van der Waals surface area contributed by atoms with Gasteiger partial charge < -0.3 is 24.0 Å². The van der Waals surface area contributed by atoms with Gasteiger partial charge in [-0.05, 0) is 63.5 Å². The minimum atomic E-state index is -0.978. The highest BCUT2D eigenvalue weighted by Crippen LogP contribution is 2.46. The van der Waals surface area contributed by atoms with Gasteiger partial charge in [0.25, 0.3) is 0 Å². The predicted octanol–water partition coefficient (Wildman–Crippen LogP) is 5.45. The van der Waals surface area contributed by atoms with Crippen LogP contribution < -0.4 is 4.90 Å². The number of carboxylic acids is 1. The number of thiazole rings is 1. The van der Waals surface area contributed by atoms with E-state index < -0.39 is 5.97 Å². The molecule has 38 heavy (non-hydrogen) atoms. The molecule has 0 spiro atoms. The largest absolute Gasteiger partial charge is 0.478 e. The summed E-state index contributed by atoms with van der Waals surface area (Å²) in [4.78, 5) is 18.9. The van der Waals surface area contributed by atoms with E-state index in [9.17, 15) is 9.90 Å². The third-order valence-electron chi connectivity index (χ3n) is 8.67. The average molecular weight is 534 g/mol. The minimum Gasteiger partial charge on any atom is -0.478 e. The van der Waals surface area contributed by atoms with Crippen molar-refractivity contribution in [3.63, 3.8) is 0 Å². The lowest BCUT2D eigenvalue weighted by Gasteiger charge is -2.38. The molecule has 2 bridgehead atoms. The summed E-state index contributed by atoms with van der Waals surface area (Å²) < 4.78 is 18.9. The first kappa shape index (κ1) is 24.1. The second-order valence-electron chi connectivity index (χ2n) is 11.1. The van der Waals surface area contributed by atoms with Crippen molar-refractivity contribution in [1.29, 1.82) is 0 Å². The standard InChI is InChI=1S/C29H31N3O5S/c1-2-16-11-19(28(33)34)12-24-26(16)30-29(38-24)32-20-5-6-21(32)14-22(13-20)36-15-23-25(17-7-9-35-10-8-17)31-37-27(23)18-3-4-18/h1,11-12,17-18,20-22H,3-10,13-15H2,(H,33,34)/t20-,21+,22?.